The van der Waals surface area contributed by atoms with Crippen molar-refractivity contribution < 1.29 is 18.7 Å². The zero-order valence-electron chi connectivity index (χ0n) is 13.1. The van der Waals surface area contributed by atoms with Gasteiger partial charge >= 0.3 is 6.09 Å². The Bertz CT molecular complexity index is 545. The molecular weight excluding hydrogens is 309 g/mol. The summed E-state index contributed by atoms with van der Waals surface area (Å²) in [5, 5.41) is 0.323. The minimum Gasteiger partial charge on any atom is -0.486 e. The third kappa shape index (κ3) is 4.77. The highest BCUT2D eigenvalue weighted by atomic mass is 35.5. The standard InChI is InChI=1S/C16H21ClFNO3/c1-16(2,3)22-15(20)19-8-4-5-12(10-19)21-14-7-6-11(17)9-13(14)18/h6-7,9,12H,4-5,8,10H2,1-3H3. The molecule has 1 unspecified atom stereocenters. The number of halogens is 2. The molecule has 0 saturated carbocycles. The quantitative estimate of drug-likeness (QED) is 0.814. The lowest BCUT2D eigenvalue weighted by Gasteiger charge is -2.34. The molecule has 6 heteroatoms. The highest BCUT2D eigenvalue weighted by Gasteiger charge is 2.28. The van der Waals surface area contributed by atoms with Crippen LogP contribution in [0.1, 0.15) is 33.6 Å². The number of amides is 1. The predicted molar refractivity (Wildman–Crippen MR) is 82.9 cm³/mol. The molecule has 0 aromatic heterocycles. The molecule has 0 radical (unpaired) electrons. The van der Waals surface area contributed by atoms with Crippen LogP contribution in [0.4, 0.5) is 9.18 Å². The largest absolute Gasteiger partial charge is 0.486 e. The maximum atomic E-state index is 13.8. The molecule has 1 amide bonds. The minimum atomic E-state index is -0.535. The lowest BCUT2D eigenvalue weighted by Crippen LogP contribution is -2.46. The van der Waals surface area contributed by atoms with Crippen LogP contribution < -0.4 is 4.74 Å². The van der Waals surface area contributed by atoms with E-state index in [-0.39, 0.29) is 17.9 Å². The Hall–Kier alpha value is -1.49. The first-order chi connectivity index (χ1) is 10.2. The molecule has 1 saturated heterocycles. The molecule has 0 spiro atoms. The minimum absolute atomic E-state index is 0.153. The van der Waals surface area contributed by atoms with E-state index >= 15 is 0 Å². The lowest BCUT2D eigenvalue weighted by molar-refractivity contribution is 0.00737. The van der Waals surface area contributed by atoms with Crippen LogP contribution in [0.3, 0.4) is 0 Å². The number of carbonyl (C=O) groups is 1. The summed E-state index contributed by atoms with van der Waals surface area (Å²) >= 11 is 5.72. The predicted octanol–water partition coefficient (Wildman–Crippen LogP) is 4.26. The van der Waals surface area contributed by atoms with Gasteiger partial charge in [-0.05, 0) is 51.8 Å². The van der Waals surface area contributed by atoms with Crippen LogP contribution in [0.25, 0.3) is 0 Å². The van der Waals surface area contributed by atoms with Gasteiger partial charge in [0.1, 0.15) is 11.7 Å². The van der Waals surface area contributed by atoms with Gasteiger partial charge in [0.2, 0.25) is 0 Å². The number of hydrogen-bond donors (Lipinski definition) is 0. The van der Waals surface area contributed by atoms with Gasteiger partial charge in [0.15, 0.2) is 11.6 Å². The van der Waals surface area contributed by atoms with Crippen molar-refractivity contribution >= 4 is 17.7 Å². The number of piperidine rings is 1. The number of rotatable bonds is 2. The smallest absolute Gasteiger partial charge is 0.410 e. The molecular formula is C16H21ClFNO3. The fourth-order valence-corrected chi connectivity index (χ4v) is 2.44. The first-order valence-corrected chi connectivity index (χ1v) is 7.72. The van der Waals surface area contributed by atoms with E-state index in [1.807, 2.05) is 20.8 Å². The summed E-state index contributed by atoms with van der Waals surface area (Å²) in [4.78, 5) is 13.7. The number of likely N-dealkylation sites (tertiary alicyclic amines) is 1. The number of benzene rings is 1. The van der Waals surface area contributed by atoms with E-state index in [1.165, 1.54) is 12.1 Å². The van der Waals surface area contributed by atoms with E-state index in [9.17, 15) is 9.18 Å². The molecule has 2 rings (SSSR count). The summed E-state index contributed by atoms with van der Waals surface area (Å²) in [5.41, 5.74) is -0.535. The van der Waals surface area contributed by atoms with Crippen LogP contribution in [0.15, 0.2) is 18.2 Å². The molecule has 1 aromatic rings. The Kier molecular flexibility index (Phi) is 5.16. The summed E-state index contributed by atoms with van der Waals surface area (Å²) in [7, 11) is 0. The van der Waals surface area contributed by atoms with Gasteiger partial charge in [-0.1, -0.05) is 11.6 Å². The fraction of sp³-hybridized carbons (Fsp3) is 0.562. The second kappa shape index (κ2) is 6.73. The summed E-state index contributed by atoms with van der Waals surface area (Å²) in [6.45, 7) is 6.48. The van der Waals surface area contributed by atoms with Crippen LogP contribution in [-0.2, 0) is 4.74 Å². The van der Waals surface area contributed by atoms with Crippen LogP contribution in [0.2, 0.25) is 5.02 Å². The molecule has 4 nitrogen and oxygen atoms in total. The topological polar surface area (TPSA) is 38.8 Å². The van der Waals surface area contributed by atoms with E-state index in [0.29, 0.717) is 18.1 Å². The molecule has 0 N–H and O–H groups in total. The number of ether oxygens (including phenoxy) is 2. The molecule has 1 atom stereocenters. The van der Waals surface area contributed by atoms with Crippen molar-refractivity contribution in [3.63, 3.8) is 0 Å². The van der Waals surface area contributed by atoms with Crippen LogP contribution in [0, 0.1) is 5.82 Å². The molecule has 0 aliphatic carbocycles. The summed E-state index contributed by atoms with van der Waals surface area (Å²) in [6, 6.07) is 4.30. The highest BCUT2D eigenvalue weighted by Crippen LogP contribution is 2.25. The number of hydrogen-bond acceptors (Lipinski definition) is 3. The molecule has 0 bridgehead atoms. The van der Waals surface area contributed by atoms with E-state index in [1.54, 1.807) is 11.0 Å². The van der Waals surface area contributed by atoms with Crippen molar-refractivity contribution in [2.45, 2.75) is 45.3 Å². The van der Waals surface area contributed by atoms with Crippen LogP contribution >= 0.6 is 11.6 Å². The van der Waals surface area contributed by atoms with Crippen molar-refractivity contribution in [3.05, 3.63) is 29.0 Å². The third-order valence-electron chi connectivity index (χ3n) is 3.22. The normalized spacial score (nSPS) is 19.0. The van der Waals surface area contributed by atoms with Crippen LogP contribution in [-0.4, -0.2) is 35.8 Å². The monoisotopic (exact) mass is 329 g/mol. The van der Waals surface area contributed by atoms with Gasteiger partial charge in [-0.2, -0.15) is 0 Å². The SMILES string of the molecule is CC(C)(C)OC(=O)N1CCCC(Oc2ccc(Cl)cc2F)C1. The van der Waals surface area contributed by atoms with Gasteiger partial charge in [-0.25, -0.2) is 9.18 Å². The molecule has 22 heavy (non-hydrogen) atoms. The Morgan fingerprint density at radius 1 is 1.41 bits per heavy atom. The number of nitrogens with zero attached hydrogens (tertiary/aromatic N) is 1. The van der Waals surface area contributed by atoms with Crippen molar-refractivity contribution in [2.75, 3.05) is 13.1 Å². The molecule has 1 heterocycles. The maximum absolute atomic E-state index is 13.8. The van der Waals surface area contributed by atoms with Crippen molar-refractivity contribution in [2.24, 2.45) is 0 Å². The highest BCUT2D eigenvalue weighted by molar-refractivity contribution is 6.30. The maximum Gasteiger partial charge on any atom is 0.410 e. The Morgan fingerprint density at radius 3 is 2.77 bits per heavy atom. The second-order valence-electron chi connectivity index (χ2n) is 6.38. The Balaban J connectivity index is 1.97. The van der Waals surface area contributed by atoms with Gasteiger partial charge in [0.05, 0.1) is 6.54 Å². The lowest BCUT2D eigenvalue weighted by atomic mass is 10.1. The molecule has 1 aromatic carbocycles. The van der Waals surface area contributed by atoms with Gasteiger partial charge < -0.3 is 14.4 Å². The zero-order valence-corrected chi connectivity index (χ0v) is 13.8. The first kappa shape index (κ1) is 16.9. The summed E-state index contributed by atoms with van der Waals surface area (Å²) < 4.78 is 24.8. The zero-order chi connectivity index (χ0) is 16.3. The van der Waals surface area contributed by atoms with Gasteiger partial charge in [-0.15, -0.1) is 0 Å². The average molecular weight is 330 g/mol. The van der Waals surface area contributed by atoms with Crippen molar-refractivity contribution in [1.82, 2.24) is 4.90 Å². The van der Waals surface area contributed by atoms with E-state index in [4.69, 9.17) is 21.1 Å². The summed E-state index contributed by atoms with van der Waals surface area (Å²) in [6.07, 6.45) is 0.940. The van der Waals surface area contributed by atoms with Gasteiger partial charge in [0, 0.05) is 11.6 Å². The Morgan fingerprint density at radius 2 is 2.14 bits per heavy atom. The average Bonchev–Trinajstić information content (AvgIpc) is 2.40. The van der Waals surface area contributed by atoms with Crippen LogP contribution in [0.5, 0.6) is 5.75 Å². The van der Waals surface area contributed by atoms with E-state index in [0.717, 1.165) is 12.8 Å². The van der Waals surface area contributed by atoms with E-state index < -0.39 is 11.4 Å². The van der Waals surface area contributed by atoms with Gasteiger partial charge in [0.25, 0.3) is 0 Å². The fourth-order valence-electron chi connectivity index (χ4n) is 2.28. The molecule has 1 fully saturated rings. The second-order valence-corrected chi connectivity index (χ2v) is 6.82. The first-order valence-electron chi connectivity index (χ1n) is 7.34. The van der Waals surface area contributed by atoms with Crippen molar-refractivity contribution in [1.29, 1.82) is 0 Å². The molecule has 122 valence electrons. The van der Waals surface area contributed by atoms with Crippen molar-refractivity contribution in [3.8, 4) is 5.75 Å². The van der Waals surface area contributed by atoms with E-state index in [2.05, 4.69) is 0 Å². The third-order valence-corrected chi connectivity index (χ3v) is 3.45. The Labute approximate surface area is 135 Å². The molecule has 1 aliphatic rings. The number of carbonyl (C=O) groups excluding carboxylic acids is 1. The molecule has 1 aliphatic heterocycles. The van der Waals surface area contributed by atoms with Gasteiger partial charge in [-0.3, -0.25) is 0 Å². The summed E-state index contributed by atoms with van der Waals surface area (Å²) in [5.74, 6) is -0.345.